The molecule has 0 saturated carbocycles. The quantitative estimate of drug-likeness (QED) is 0.465. The maximum atomic E-state index is 13.5. The number of benzene rings is 2. The monoisotopic (exact) mass is 314 g/mol. The summed E-state index contributed by atoms with van der Waals surface area (Å²) in [7, 11) is -3.62. The molecule has 0 aromatic heterocycles. The molecule has 0 aliphatic carbocycles. The Morgan fingerprint density at radius 2 is 1.23 bits per heavy atom. The first-order valence-electron chi connectivity index (χ1n) is 6.74. The van der Waals surface area contributed by atoms with Gasteiger partial charge in [0, 0.05) is 17.5 Å². The molecule has 0 aliphatic rings. The number of carbonyl (C=O) groups excluding carboxylic acids is 3. The summed E-state index contributed by atoms with van der Waals surface area (Å²) >= 11 is 0. The second-order valence-electron chi connectivity index (χ2n) is 4.83. The fraction of sp³-hybridized carbons (Fsp3) is 0.118. The molecule has 0 spiro atoms. The number of hydrogen-bond acceptors (Lipinski definition) is 4. The maximum Gasteiger partial charge on any atom is 0.208 e. The van der Waals surface area contributed by atoms with Crippen molar-refractivity contribution in [2.45, 2.75) is 13.3 Å². The lowest BCUT2D eigenvalue weighted by Gasteiger charge is -2.17. The first-order chi connectivity index (χ1) is 10.5. The number of rotatable bonds is 6. The molecule has 0 aliphatic heterocycles. The van der Waals surface area contributed by atoms with Gasteiger partial charge < -0.3 is 4.57 Å². The summed E-state index contributed by atoms with van der Waals surface area (Å²) in [6.07, 6.45) is -0.642. The summed E-state index contributed by atoms with van der Waals surface area (Å²) in [5, 5.41) is 0.727. The minimum Gasteiger partial charge on any atom is -0.306 e. The van der Waals surface area contributed by atoms with Gasteiger partial charge in [0.15, 0.2) is 5.78 Å². The van der Waals surface area contributed by atoms with E-state index in [1.54, 1.807) is 60.7 Å². The van der Waals surface area contributed by atoms with Crippen molar-refractivity contribution in [3.05, 3.63) is 60.7 Å². The Hall–Kier alpha value is -2.32. The molecule has 0 bridgehead atoms. The Morgan fingerprint density at radius 3 is 1.59 bits per heavy atom. The van der Waals surface area contributed by atoms with Crippen molar-refractivity contribution in [2.75, 3.05) is 0 Å². The minimum absolute atomic E-state index is 0.363. The van der Waals surface area contributed by atoms with Crippen LogP contribution in [0.3, 0.4) is 0 Å². The van der Waals surface area contributed by atoms with E-state index in [1.807, 2.05) is 0 Å². The van der Waals surface area contributed by atoms with Gasteiger partial charge in [-0.2, -0.15) is 0 Å². The standard InChI is InChI=1S/C17H15O4P/c1-13(18)16(19)12-17(20)22(21,14-8-4-2-5-9-14)15-10-6-3-7-11-15/h2-11H,12H2,1H3. The number of hydrogen-bond donors (Lipinski definition) is 0. The van der Waals surface area contributed by atoms with Crippen molar-refractivity contribution in [3.8, 4) is 0 Å². The molecule has 2 aromatic rings. The highest BCUT2D eigenvalue weighted by atomic mass is 31.2. The average Bonchev–Trinajstić information content (AvgIpc) is 2.55. The fourth-order valence-corrected chi connectivity index (χ4v) is 4.51. The van der Waals surface area contributed by atoms with Gasteiger partial charge in [0.05, 0.1) is 6.42 Å². The van der Waals surface area contributed by atoms with Gasteiger partial charge in [-0.25, -0.2) is 0 Å². The van der Waals surface area contributed by atoms with Crippen LogP contribution in [0, 0.1) is 0 Å². The van der Waals surface area contributed by atoms with Crippen LogP contribution in [0.2, 0.25) is 0 Å². The topological polar surface area (TPSA) is 68.3 Å². The summed E-state index contributed by atoms with van der Waals surface area (Å²) in [5.74, 6) is -1.53. The van der Waals surface area contributed by atoms with E-state index in [1.165, 1.54) is 0 Å². The predicted octanol–water partition coefficient (Wildman–Crippen LogP) is 2.08. The SMILES string of the molecule is CC(=O)C(=O)CC(=O)P(=O)(c1ccccc1)c1ccccc1. The minimum atomic E-state index is -3.62. The van der Waals surface area contributed by atoms with E-state index < -0.39 is 30.7 Å². The molecule has 2 aromatic carbocycles. The molecule has 0 N–H and O–H groups in total. The normalized spacial score (nSPS) is 11.0. The average molecular weight is 314 g/mol. The molecule has 0 heterocycles. The number of carbonyl (C=O) groups is 3. The molecule has 0 unspecified atom stereocenters. The van der Waals surface area contributed by atoms with E-state index >= 15 is 0 Å². The van der Waals surface area contributed by atoms with Gasteiger partial charge in [0.1, 0.15) is 0 Å². The van der Waals surface area contributed by atoms with Crippen LogP contribution in [0.25, 0.3) is 0 Å². The smallest absolute Gasteiger partial charge is 0.208 e. The van der Waals surface area contributed by atoms with E-state index in [2.05, 4.69) is 0 Å². The van der Waals surface area contributed by atoms with Crippen LogP contribution >= 0.6 is 7.14 Å². The molecule has 0 fully saturated rings. The van der Waals surface area contributed by atoms with Crippen LogP contribution in [0.15, 0.2) is 60.7 Å². The zero-order valence-electron chi connectivity index (χ0n) is 12.1. The van der Waals surface area contributed by atoms with E-state index in [9.17, 15) is 18.9 Å². The Morgan fingerprint density at radius 1 is 0.818 bits per heavy atom. The zero-order chi connectivity index (χ0) is 16.2. The van der Waals surface area contributed by atoms with Crippen molar-refractivity contribution in [1.29, 1.82) is 0 Å². The van der Waals surface area contributed by atoms with Gasteiger partial charge >= 0.3 is 0 Å². The molecule has 0 amide bonds. The molecule has 0 atom stereocenters. The maximum absolute atomic E-state index is 13.5. The van der Waals surface area contributed by atoms with Gasteiger partial charge in [-0.1, -0.05) is 60.7 Å². The summed E-state index contributed by atoms with van der Waals surface area (Å²) in [5.41, 5.74) is -0.717. The second-order valence-corrected chi connectivity index (χ2v) is 7.58. The first-order valence-corrected chi connectivity index (χ1v) is 8.45. The molecule has 2 rings (SSSR count). The van der Waals surface area contributed by atoms with Crippen molar-refractivity contribution >= 4 is 34.8 Å². The van der Waals surface area contributed by atoms with E-state index in [0.717, 1.165) is 6.92 Å². The van der Waals surface area contributed by atoms with Gasteiger partial charge in [-0.3, -0.25) is 14.4 Å². The lowest BCUT2D eigenvalue weighted by atomic mass is 10.2. The van der Waals surface area contributed by atoms with E-state index in [4.69, 9.17) is 0 Å². The van der Waals surface area contributed by atoms with E-state index in [0.29, 0.717) is 10.6 Å². The third-order valence-electron chi connectivity index (χ3n) is 3.30. The molecule has 0 saturated heterocycles. The Bertz CT molecular complexity index is 707. The highest BCUT2D eigenvalue weighted by molar-refractivity contribution is 7.93. The highest BCUT2D eigenvalue weighted by Gasteiger charge is 2.36. The summed E-state index contributed by atoms with van der Waals surface area (Å²) in [4.78, 5) is 35.2. The summed E-state index contributed by atoms with van der Waals surface area (Å²) in [6, 6.07) is 16.7. The van der Waals surface area contributed by atoms with E-state index in [-0.39, 0.29) is 0 Å². The Kier molecular flexibility index (Phi) is 4.84. The second kappa shape index (κ2) is 6.63. The third kappa shape index (κ3) is 3.12. The summed E-state index contributed by atoms with van der Waals surface area (Å²) < 4.78 is 13.5. The molecule has 22 heavy (non-hydrogen) atoms. The molecule has 4 nitrogen and oxygen atoms in total. The Balaban J connectivity index is 2.52. The fourth-order valence-electron chi connectivity index (χ4n) is 2.09. The zero-order valence-corrected chi connectivity index (χ0v) is 13.0. The lowest BCUT2D eigenvalue weighted by Crippen LogP contribution is -2.25. The van der Waals surface area contributed by atoms with Crippen LogP contribution in [-0.2, 0) is 18.9 Å². The van der Waals surface area contributed by atoms with Crippen molar-refractivity contribution in [1.82, 2.24) is 0 Å². The number of ketones is 2. The molecular formula is C17H15O4P. The van der Waals surface area contributed by atoms with Crippen LogP contribution in [0.4, 0.5) is 0 Å². The highest BCUT2D eigenvalue weighted by Crippen LogP contribution is 2.45. The number of Topliss-reactive ketones (excluding diaryl/α,β-unsaturated/α-hetero) is 2. The van der Waals surface area contributed by atoms with Crippen molar-refractivity contribution < 1.29 is 18.9 Å². The third-order valence-corrected chi connectivity index (χ3v) is 6.21. The largest absolute Gasteiger partial charge is 0.306 e. The van der Waals surface area contributed by atoms with Crippen molar-refractivity contribution in [3.63, 3.8) is 0 Å². The van der Waals surface area contributed by atoms with Gasteiger partial charge in [-0.15, -0.1) is 0 Å². The molecule has 0 radical (unpaired) electrons. The molecular weight excluding hydrogens is 299 g/mol. The van der Waals surface area contributed by atoms with Crippen molar-refractivity contribution in [2.24, 2.45) is 0 Å². The molecule has 5 heteroatoms. The van der Waals surface area contributed by atoms with Gasteiger partial charge in [0.25, 0.3) is 0 Å². The van der Waals surface area contributed by atoms with Gasteiger partial charge in [0.2, 0.25) is 18.4 Å². The predicted molar refractivity (Wildman–Crippen MR) is 85.1 cm³/mol. The molecule has 112 valence electrons. The summed E-state index contributed by atoms with van der Waals surface area (Å²) in [6.45, 7) is 1.10. The first kappa shape index (κ1) is 16.1. The van der Waals surface area contributed by atoms with Crippen LogP contribution in [0.1, 0.15) is 13.3 Å². The van der Waals surface area contributed by atoms with Crippen LogP contribution in [-0.4, -0.2) is 17.1 Å². The van der Waals surface area contributed by atoms with Crippen LogP contribution < -0.4 is 10.6 Å². The lowest BCUT2D eigenvalue weighted by molar-refractivity contribution is -0.136. The van der Waals surface area contributed by atoms with Crippen LogP contribution in [0.5, 0.6) is 0 Å². The Labute approximate surface area is 128 Å². The van der Waals surface area contributed by atoms with Gasteiger partial charge in [-0.05, 0) is 0 Å².